The van der Waals surface area contributed by atoms with Gasteiger partial charge < -0.3 is 9.88 Å². The molecular weight excluding hydrogens is 198 g/mol. The number of hydrogen-bond donors (Lipinski definition) is 1. The van der Waals surface area contributed by atoms with Crippen LogP contribution in [0.2, 0.25) is 0 Å². The molecule has 0 atom stereocenters. The second-order valence-electron chi connectivity index (χ2n) is 4.16. The zero-order valence-corrected chi connectivity index (χ0v) is 10.7. The average molecular weight is 221 g/mol. The van der Waals surface area contributed by atoms with Gasteiger partial charge in [0, 0.05) is 24.5 Å². The van der Waals surface area contributed by atoms with Crippen molar-refractivity contribution in [3.8, 4) is 0 Å². The number of nitrogens with zero attached hydrogens (tertiary/aromatic N) is 2. The zero-order chi connectivity index (χ0) is 12.0. The Bertz CT molecular complexity index is 315. The van der Waals surface area contributed by atoms with Crippen molar-refractivity contribution in [3.05, 3.63) is 25.0 Å². The van der Waals surface area contributed by atoms with E-state index in [1.807, 2.05) is 18.5 Å². The molecule has 0 aliphatic rings. The van der Waals surface area contributed by atoms with E-state index >= 15 is 0 Å². The Morgan fingerprint density at radius 1 is 1.38 bits per heavy atom. The molecule has 1 aromatic rings. The number of nitrogens with one attached hydrogen (secondary N) is 1. The summed E-state index contributed by atoms with van der Waals surface area (Å²) >= 11 is 0. The highest BCUT2D eigenvalue weighted by Gasteiger charge is 2.24. The van der Waals surface area contributed by atoms with Crippen LogP contribution in [0, 0.1) is 0 Å². The third-order valence-corrected chi connectivity index (χ3v) is 3.45. The van der Waals surface area contributed by atoms with Crippen molar-refractivity contribution in [1.29, 1.82) is 0 Å². The molecule has 3 nitrogen and oxygen atoms in total. The topological polar surface area (TPSA) is 29.9 Å². The monoisotopic (exact) mass is 221 g/mol. The van der Waals surface area contributed by atoms with Crippen LogP contribution in [0.5, 0.6) is 0 Å². The molecular formula is C13H23N3. The van der Waals surface area contributed by atoms with E-state index in [0.717, 1.165) is 31.8 Å². The van der Waals surface area contributed by atoms with Gasteiger partial charge in [-0.1, -0.05) is 26.8 Å². The largest absolute Gasteiger partial charge is 0.350 e. The molecule has 0 unspecified atom stereocenters. The summed E-state index contributed by atoms with van der Waals surface area (Å²) in [6.07, 6.45) is 9.04. The molecule has 0 aromatic carbocycles. The molecule has 0 amide bonds. The molecule has 0 saturated carbocycles. The second kappa shape index (κ2) is 5.73. The van der Waals surface area contributed by atoms with Gasteiger partial charge in [0.25, 0.3) is 0 Å². The van der Waals surface area contributed by atoms with Crippen molar-refractivity contribution in [1.82, 2.24) is 9.55 Å². The fourth-order valence-corrected chi connectivity index (χ4v) is 1.97. The maximum Gasteiger partial charge on any atom is 0.203 e. The normalized spacial score (nSPS) is 11.4. The van der Waals surface area contributed by atoms with Crippen molar-refractivity contribution >= 4 is 5.95 Å². The molecule has 0 radical (unpaired) electrons. The van der Waals surface area contributed by atoms with Crippen LogP contribution >= 0.6 is 0 Å². The minimum absolute atomic E-state index is 0.171. The van der Waals surface area contributed by atoms with Gasteiger partial charge in [0.05, 0.1) is 0 Å². The third kappa shape index (κ3) is 2.65. The van der Waals surface area contributed by atoms with Crippen LogP contribution in [-0.2, 0) is 6.54 Å². The van der Waals surface area contributed by atoms with E-state index in [1.165, 1.54) is 0 Å². The van der Waals surface area contributed by atoms with Gasteiger partial charge in [-0.15, -0.1) is 6.58 Å². The Labute approximate surface area is 98.6 Å². The van der Waals surface area contributed by atoms with E-state index in [4.69, 9.17) is 0 Å². The number of hydrogen-bond acceptors (Lipinski definition) is 2. The molecule has 1 N–H and O–H groups in total. The maximum atomic E-state index is 4.37. The molecule has 0 aliphatic carbocycles. The lowest BCUT2D eigenvalue weighted by atomic mass is 9.90. The zero-order valence-electron chi connectivity index (χ0n) is 10.7. The van der Waals surface area contributed by atoms with Gasteiger partial charge in [0.1, 0.15) is 0 Å². The minimum Gasteiger partial charge on any atom is -0.350 e. The molecule has 0 saturated heterocycles. The standard InChI is InChI=1S/C13H23N3/c1-5-10-16-11-9-14-12(16)15-13(6-2,7-3)8-4/h5,9,11H,1,6-8,10H2,2-4H3,(H,14,15). The highest BCUT2D eigenvalue weighted by Crippen LogP contribution is 2.24. The summed E-state index contributed by atoms with van der Waals surface area (Å²) in [4.78, 5) is 4.37. The van der Waals surface area contributed by atoms with Crippen molar-refractivity contribution in [2.45, 2.75) is 52.1 Å². The van der Waals surface area contributed by atoms with Gasteiger partial charge in [-0.05, 0) is 19.3 Å². The summed E-state index contributed by atoms with van der Waals surface area (Å²) in [6.45, 7) is 11.2. The molecule has 16 heavy (non-hydrogen) atoms. The average Bonchev–Trinajstić information content (AvgIpc) is 2.74. The smallest absolute Gasteiger partial charge is 0.203 e. The second-order valence-corrected chi connectivity index (χ2v) is 4.16. The lowest BCUT2D eigenvalue weighted by Gasteiger charge is -2.32. The molecule has 0 spiro atoms. The van der Waals surface area contributed by atoms with Gasteiger partial charge >= 0.3 is 0 Å². The molecule has 1 heterocycles. The number of aromatic nitrogens is 2. The number of anilines is 1. The highest BCUT2D eigenvalue weighted by atomic mass is 15.2. The Morgan fingerprint density at radius 3 is 2.50 bits per heavy atom. The van der Waals surface area contributed by atoms with Crippen molar-refractivity contribution in [2.75, 3.05) is 5.32 Å². The van der Waals surface area contributed by atoms with Gasteiger partial charge in [-0.25, -0.2) is 4.98 Å². The van der Waals surface area contributed by atoms with E-state index in [9.17, 15) is 0 Å². The summed E-state index contributed by atoms with van der Waals surface area (Å²) in [6, 6.07) is 0. The van der Waals surface area contributed by atoms with Gasteiger partial charge in [-0.3, -0.25) is 0 Å². The minimum atomic E-state index is 0.171. The highest BCUT2D eigenvalue weighted by molar-refractivity contribution is 5.31. The maximum absolute atomic E-state index is 4.37. The first-order chi connectivity index (χ1) is 7.71. The summed E-state index contributed by atoms with van der Waals surface area (Å²) < 4.78 is 2.09. The molecule has 1 aromatic heterocycles. The molecule has 0 fully saturated rings. The van der Waals surface area contributed by atoms with Crippen molar-refractivity contribution < 1.29 is 0 Å². The van der Waals surface area contributed by atoms with E-state index in [2.05, 4.69) is 42.2 Å². The van der Waals surface area contributed by atoms with E-state index in [-0.39, 0.29) is 5.54 Å². The summed E-state index contributed by atoms with van der Waals surface area (Å²) in [5, 5.41) is 3.58. The first kappa shape index (κ1) is 12.8. The van der Waals surface area contributed by atoms with Crippen LogP contribution < -0.4 is 5.32 Å². The molecule has 1 rings (SSSR count). The van der Waals surface area contributed by atoms with Crippen molar-refractivity contribution in [2.24, 2.45) is 0 Å². The van der Waals surface area contributed by atoms with Crippen LogP contribution in [0.1, 0.15) is 40.0 Å². The van der Waals surface area contributed by atoms with Gasteiger partial charge in [0.2, 0.25) is 5.95 Å². The van der Waals surface area contributed by atoms with Crippen LogP contribution in [0.15, 0.2) is 25.0 Å². The van der Waals surface area contributed by atoms with Crippen molar-refractivity contribution in [3.63, 3.8) is 0 Å². The fourth-order valence-electron chi connectivity index (χ4n) is 1.97. The Morgan fingerprint density at radius 2 is 2.00 bits per heavy atom. The quantitative estimate of drug-likeness (QED) is 0.715. The Kier molecular flexibility index (Phi) is 4.59. The lowest BCUT2D eigenvalue weighted by molar-refractivity contribution is 0.415. The van der Waals surface area contributed by atoms with Crippen LogP contribution in [0.3, 0.4) is 0 Å². The lowest BCUT2D eigenvalue weighted by Crippen LogP contribution is -2.37. The first-order valence-corrected chi connectivity index (χ1v) is 6.11. The predicted octanol–water partition coefficient (Wildman–Crippen LogP) is 3.45. The van der Waals surface area contributed by atoms with Gasteiger partial charge in [0.15, 0.2) is 0 Å². The predicted molar refractivity (Wildman–Crippen MR) is 69.7 cm³/mol. The van der Waals surface area contributed by atoms with Gasteiger partial charge in [-0.2, -0.15) is 0 Å². The molecule has 90 valence electrons. The van der Waals surface area contributed by atoms with Crippen LogP contribution in [-0.4, -0.2) is 15.1 Å². The Hall–Kier alpha value is -1.25. The first-order valence-electron chi connectivity index (χ1n) is 6.11. The summed E-state index contributed by atoms with van der Waals surface area (Å²) in [5.41, 5.74) is 0.171. The van der Waals surface area contributed by atoms with E-state index in [0.29, 0.717) is 0 Å². The van der Waals surface area contributed by atoms with Crippen LogP contribution in [0.25, 0.3) is 0 Å². The molecule has 3 heteroatoms. The summed E-state index contributed by atoms with van der Waals surface area (Å²) in [7, 11) is 0. The van der Waals surface area contributed by atoms with Crippen LogP contribution in [0.4, 0.5) is 5.95 Å². The SMILES string of the molecule is C=CCn1ccnc1NC(CC)(CC)CC. The van der Waals surface area contributed by atoms with E-state index in [1.54, 1.807) is 0 Å². The number of allylic oxidation sites excluding steroid dienone is 1. The third-order valence-electron chi connectivity index (χ3n) is 3.45. The number of imidazole rings is 1. The molecule has 0 aliphatic heterocycles. The Balaban J connectivity index is 2.84. The fraction of sp³-hybridized carbons (Fsp3) is 0.615. The van der Waals surface area contributed by atoms with E-state index < -0.39 is 0 Å². The molecule has 0 bridgehead atoms. The number of rotatable bonds is 7. The summed E-state index contributed by atoms with van der Waals surface area (Å²) in [5.74, 6) is 0.949.